The van der Waals surface area contributed by atoms with Gasteiger partial charge in [-0.1, -0.05) is 13.5 Å². The van der Waals surface area contributed by atoms with E-state index in [2.05, 4.69) is 11.9 Å². The molecule has 0 unspecified atom stereocenters. The minimum Gasteiger partial charge on any atom is -0.316 e. The van der Waals surface area contributed by atoms with E-state index in [0.29, 0.717) is 6.54 Å². The van der Waals surface area contributed by atoms with Crippen LogP contribution in [0, 0.1) is 0 Å². The quantitative estimate of drug-likeness (QED) is 0.602. The molecule has 0 amide bonds. The lowest BCUT2D eigenvalue weighted by atomic mass is 10.5. The van der Waals surface area contributed by atoms with E-state index in [1.807, 2.05) is 6.92 Å². The first-order valence-electron chi connectivity index (χ1n) is 3.68. The van der Waals surface area contributed by atoms with Crippen molar-refractivity contribution in [2.45, 2.75) is 13.3 Å². The summed E-state index contributed by atoms with van der Waals surface area (Å²) in [6.45, 7) is 6.64. The van der Waals surface area contributed by atoms with E-state index < -0.39 is 9.84 Å². The van der Waals surface area contributed by atoms with E-state index in [1.54, 1.807) is 0 Å². The molecule has 0 aromatic heterocycles. The molecule has 0 radical (unpaired) electrons. The Hall–Kier alpha value is -0.350. The summed E-state index contributed by atoms with van der Waals surface area (Å²) in [6, 6.07) is 0. The standard InChI is InChI=1S/C7H15NO2S/c1-3-5-8-6-7-11(9,10)4-2/h4,8H,2-3,5-7H2,1H3. The zero-order valence-corrected chi connectivity index (χ0v) is 7.65. The van der Waals surface area contributed by atoms with Gasteiger partial charge in [-0.25, -0.2) is 8.42 Å². The van der Waals surface area contributed by atoms with Crippen molar-refractivity contribution >= 4 is 9.84 Å². The Morgan fingerprint density at radius 1 is 1.45 bits per heavy atom. The van der Waals surface area contributed by atoms with Gasteiger partial charge in [0.15, 0.2) is 9.84 Å². The predicted molar refractivity (Wildman–Crippen MR) is 47.1 cm³/mol. The fraction of sp³-hybridized carbons (Fsp3) is 0.714. The average Bonchev–Trinajstić information content (AvgIpc) is 1.99. The van der Waals surface area contributed by atoms with Crippen molar-refractivity contribution in [2.24, 2.45) is 0 Å². The van der Waals surface area contributed by atoms with Crippen LogP contribution in [0.5, 0.6) is 0 Å². The van der Waals surface area contributed by atoms with Crippen LogP contribution in [0.4, 0.5) is 0 Å². The van der Waals surface area contributed by atoms with Crippen LogP contribution >= 0.6 is 0 Å². The van der Waals surface area contributed by atoms with Crippen LogP contribution in [-0.2, 0) is 9.84 Å². The minimum atomic E-state index is -3.00. The fourth-order valence-electron chi connectivity index (χ4n) is 0.600. The zero-order chi connectivity index (χ0) is 8.74. The van der Waals surface area contributed by atoms with Gasteiger partial charge in [0.2, 0.25) is 0 Å². The molecule has 0 fully saturated rings. The molecule has 0 atom stereocenters. The number of nitrogens with one attached hydrogen (secondary N) is 1. The SMILES string of the molecule is C=CS(=O)(=O)CCNCCC. The van der Waals surface area contributed by atoms with Gasteiger partial charge in [0.05, 0.1) is 5.75 Å². The predicted octanol–water partition coefficient (Wildman–Crippen LogP) is 0.544. The maximum Gasteiger partial charge on any atom is 0.172 e. The van der Waals surface area contributed by atoms with E-state index in [0.717, 1.165) is 18.4 Å². The van der Waals surface area contributed by atoms with Gasteiger partial charge in [-0.2, -0.15) is 0 Å². The van der Waals surface area contributed by atoms with Gasteiger partial charge in [0.25, 0.3) is 0 Å². The summed E-state index contributed by atoms with van der Waals surface area (Å²) in [5.74, 6) is 0.149. The number of rotatable bonds is 6. The van der Waals surface area contributed by atoms with Gasteiger partial charge in [0.1, 0.15) is 0 Å². The van der Waals surface area contributed by atoms with Crippen molar-refractivity contribution in [1.82, 2.24) is 5.32 Å². The first-order valence-corrected chi connectivity index (χ1v) is 5.40. The topological polar surface area (TPSA) is 46.2 Å². The third-order valence-corrected chi connectivity index (χ3v) is 2.53. The third kappa shape index (κ3) is 6.06. The molecule has 3 nitrogen and oxygen atoms in total. The number of hydrogen-bond donors (Lipinski definition) is 1. The Bertz CT molecular complexity index is 196. The highest BCUT2D eigenvalue weighted by atomic mass is 32.2. The van der Waals surface area contributed by atoms with Crippen molar-refractivity contribution in [3.63, 3.8) is 0 Å². The molecule has 0 heterocycles. The van der Waals surface area contributed by atoms with E-state index in [1.165, 1.54) is 0 Å². The van der Waals surface area contributed by atoms with Gasteiger partial charge < -0.3 is 5.32 Å². The van der Waals surface area contributed by atoms with E-state index in [-0.39, 0.29) is 5.75 Å². The summed E-state index contributed by atoms with van der Waals surface area (Å²) in [5, 5.41) is 4.00. The van der Waals surface area contributed by atoms with Crippen LogP contribution in [0.25, 0.3) is 0 Å². The van der Waals surface area contributed by atoms with Crippen molar-refractivity contribution in [3.05, 3.63) is 12.0 Å². The molecular formula is C7H15NO2S. The monoisotopic (exact) mass is 177 g/mol. The van der Waals surface area contributed by atoms with Gasteiger partial charge >= 0.3 is 0 Å². The molecule has 0 aliphatic heterocycles. The maximum atomic E-state index is 10.8. The van der Waals surface area contributed by atoms with Crippen LogP contribution < -0.4 is 5.32 Å². The molecule has 66 valence electrons. The lowest BCUT2D eigenvalue weighted by Gasteiger charge is -2.00. The van der Waals surface area contributed by atoms with Crippen LogP contribution in [0.3, 0.4) is 0 Å². The second-order valence-corrected chi connectivity index (χ2v) is 4.35. The van der Waals surface area contributed by atoms with Crippen molar-refractivity contribution in [2.75, 3.05) is 18.8 Å². The van der Waals surface area contributed by atoms with Crippen molar-refractivity contribution < 1.29 is 8.42 Å². The van der Waals surface area contributed by atoms with Gasteiger partial charge in [-0.05, 0) is 13.0 Å². The average molecular weight is 177 g/mol. The van der Waals surface area contributed by atoms with Crippen LogP contribution in [0.15, 0.2) is 12.0 Å². The lowest BCUT2D eigenvalue weighted by molar-refractivity contribution is 0.599. The Balaban J connectivity index is 3.47. The molecule has 0 aliphatic rings. The molecule has 11 heavy (non-hydrogen) atoms. The lowest BCUT2D eigenvalue weighted by Crippen LogP contribution is -2.22. The van der Waals surface area contributed by atoms with Gasteiger partial charge in [0, 0.05) is 12.0 Å². The molecule has 0 rings (SSSR count). The molecule has 0 aromatic carbocycles. The highest BCUT2D eigenvalue weighted by molar-refractivity contribution is 7.94. The molecule has 0 saturated heterocycles. The summed E-state index contributed by atoms with van der Waals surface area (Å²) in [7, 11) is -3.00. The van der Waals surface area contributed by atoms with Gasteiger partial charge in [-0.15, -0.1) is 0 Å². The largest absolute Gasteiger partial charge is 0.316 e. The Labute approximate surface area is 68.4 Å². The summed E-state index contributed by atoms with van der Waals surface area (Å²) in [6.07, 6.45) is 1.02. The molecular weight excluding hydrogens is 162 g/mol. The van der Waals surface area contributed by atoms with Gasteiger partial charge in [-0.3, -0.25) is 0 Å². The highest BCUT2D eigenvalue weighted by Crippen LogP contribution is 1.87. The van der Waals surface area contributed by atoms with E-state index in [4.69, 9.17) is 0 Å². The van der Waals surface area contributed by atoms with Crippen LogP contribution in [0.2, 0.25) is 0 Å². The second-order valence-electron chi connectivity index (χ2n) is 2.28. The summed E-state index contributed by atoms with van der Waals surface area (Å²) in [5.41, 5.74) is 0. The molecule has 0 aromatic rings. The zero-order valence-electron chi connectivity index (χ0n) is 6.84. The van der Waals surface area contributed by atoms with E-state index >= 15 is 0 Å². The molecule has 0 bridgehead atoms. The minimum absolute atomic E-state index is 0.149. The fourth-order valence-corrected chi connectivity index (χ4v) is 1.20. The highest BCUT2D eigenvalue weighted by Gasteiger charge is 2.02. The Morgan fingerprint density at radius 3 is 2.55 bits per heavy atom. The summed E-state index contributed by atoms with van der Waals surface area (Å²) >= 11 is 0. The smallest absolute Gasteiger partial charge is 0.172 e. The molecule has 1 N–H and O–H groups in total. The first kappa shape index (κ1) is 10.7. The van der Waals surface area contributed by atoms with Crippen LogP contribution in [0.1, 0.15) is 13.3 Å². The summed E-state index contributed by atoms with van der Waals surface area (Å²) < 4.78 is 21.6. The van der Waals surface area contributed by atoms with Crippen molar-refractivity contribution in [3.8, 4) is 0 Å². The van der Waals surface area contributed by atoms with E-state index in [9.17, 15) is 8.42 Å². The van der Waals surface area contributed by atoms with Crippen LogP contribution in [-0.4, -0.2) is 27.3 Å². The third-order valence-electron chi connectivity index (χ3n) is 1.24. The molecule has 0 aliphatic carbocycles. The molecule has 4 heteroatoms. The summed E-state index contributed by atoms with van der Waals surface area (Å²) in [4.78, 5) is 0. The van der Waals surface area contributed by atoms with Crippen molar-refractivity contribution in [1.29, 1.82) is 0 Å². The normalized spacial score (nSPS) is 11.4. The Kier molecular flexibility index (Phi) is 5.15. The second kappa shape index (κ2) is 5.32. The Morgan fingerprint density at radius 2 is 2.09 bits per heavy atom. The number of hydrogen-bond acceptors (Lipinski definition) is 3. The molecule has 0 saturated carbocycles. The maximum absolute atomic E-state index is 10.8. The molecule has 0 spiro atoms. The number of sulfone groups is 1. The first-order chi connectivity index (χ1) is 5.12.